The minimum atomic E-state index is -0.0342. The first-order valence-electron chi connectivity index (χ1n) is 11.6. The summed E-state index contributed by atoms with van der Waals surface area (Å²) >= 11 is 0. The van der Waals surface area contributed by atoms with Crippen LogP contribution in [-0.2, 0) is 11.2 Å². The molecule has 1 aliphatic rings. The first kappa shape index (κ1) is 27.0. The molecule has 0 bridgehead atoms. The molecule has 6 nitrogen and oxygen atoms in total. The van der Waals surface area contributed by atoms with Gasteiger partial charge in [0.25, 0.3) is 0 Å². The van der Waals surface area contributed by atoms with Crippen molar-refractivity contribution in [2.24, 2.45) is 10.9 Å². The zero-order valence-electron chi connectivity index (χ0n) is 19.9. The molecule has 33 heavy (non-hydrogen) atoms. The third kappa shape index (κ3) is 8.87. The molecule has 180 valence electrons. The van der Waals surface area contributed by atoms with Gasteiger partial charge in [-0.05, 0) is 44.4 Å². The zero-order valence-corrected chi connectivity index (χ0v) is 22.3. The second kappa shape index (κ2) is 14.1. The summed E-state index contributed by atoms with van der Waals surface area (Å²) in [4.78, 5) is 19.1. The number of aliphatic imine (C=N–C) groups is 1. The van der Waals surface area contributed by atoms with Gasteiger partial charge in [-0.25, -0.2) is 4.99 Å². The van der Waals surface area contributed by atoms with Crippen molar-refractivity contribution in [1.29, 1.82) is 0 Å². The highest BCUT2D eigenvalue weighted by molar-refractivity contribution is 14.0. The maximum Gasteiger partial charge on any atom is 0.223 e. The van der Waals surface area contributed by atoms with E-state index in [1.807, 2.05) is 61.2 Å². The van der Waals surface area contributed by atoms with Crippen LogP contribution in [0.25, 0.3) is 0 Å². The van der Waals surface area contributed by atoms with Crippen LogP contribution in [0.5, 0.6) is 5.75 Å². The lowest BCUT2D eigenvalue weighted by Gasteiger charge is -2.18. The van der Waals surface area contributed by atoms with Crippen molar-refractivity contribution in [2.75, 3.05) is 32.7 Å². The van der Waals surface area contributed by atoms with Crippen LogP contribution < -0.4 is 15.4 Å². The van der Waals surface area contributed by atoms with Gasteiger partial charge >= 0.3 is 0 Å². The van der Waals surface area contributed by atoms with Crippen molar-refractivity contribution < 1.29 is 9.53 Å². The van der Waals surface area contributed by atoms with Gasteiger partial charge in [0.15, 0.2) is 5.96 Å². The Kier molecular flexibility index (Phi) is 11.5. The molecule has 2 unspecified atom stereocenters. The minimum Gasteiger partial charge on any atom is -0.489 e. The Hall–Kier alpha value is -2.29. The Morgan fingerprint density at radius 2 is 1.88 bits per heavy atom. The van der Waals surface area contributed by atoms with Gasteiger partial charge in [-0.1, -0.05) is 48.5 Å². The minimum absolute atomic E-state index is 0. The van der Waals surface area contributed by atoms with E-state index in [0.29, 0.717) is 18.9 Å². The van der Waals surface area contributed by atoms with E-state index in [-0.39, 0.29) is 36.0 Å². The van der Waals surface area contributed by atoms with Crippen LogP contribution in [0.15, 0.2) is 59.6 Å². The highest BCUT2D eigenvalue weighted by Gasteiger charge is 2.29. The second-order valence-electron chi connectivity index (χ2n) is 8.44. The SMILES string of the molecule is CCNC(=NCC(C)Oc1ccccc1C)NCC1CC(=O)N(CCc2ccccc2)C1.I. The first-order chi connectivity index (χ1) is 15.5. The number of rotatable bonds is 10. The van der Waals surface area contributed by atoms with E-state index in [9.17, 15) is 4.79 Å². The van der Waals surface area contributed by atoms with Gasteiger partial charge in [-0.3, -0.25) is 4.79 Å². The van der Waals surface area contributed by atoms with Crippen molar-refractivity contribution in [1.82, 2.24) is 15.5 Å². The van der Waals surface area contributed by atoms with Crippen molar-refractivity contribution in [3.63, 3.8) is 0 Å². The van der Waals surface area contributed by atoms with E-state index in [0.717, 1.165) is 49.9 Å². The molecule has 1 saturated heterocycles. The maximum absolute atomic E-state index is 12.4. The number of aryl methyl sites for hydroxylation is 1. The number of hydrogen-bond acceptors (Lipinski definition) is 3. The molecule has 1 heterocycles. The van der Waals surface area contributed by atoms with Crippen LogP contribution in [0.2, 0.25) is 0 Å². The Morgan fingerprint density at radius 3 is 2.61 bits per heavy atom. The van der Waals surface area contributed by atoms with Crippen molar-refractivity contribution >= 4 is 35.8 Å². The molecule has 2 atom stereocenters. The average Bonchev–Trinajstić information content (AvgIpc) is 3.16. The van der Waals surface area contributed by atoms with Gasteiger partial charge in [0.05, 0.1) is 6.54 Å². The summed E-state index contributed by atoms with van der Waals surface area (Å²) in [5.41, 5.74) is 2.39. The Labute approximate surface area is 215 Å². The summed E-state index contributed by atoms with van der Waals surface area (Å²) in [5.74, 6) is 2.20. The normalized spacial score (nSPS) is 16.8. The van der Waals surface area contributed by atoms with E-state index in [1.54, 1.807) is 0 Å². The number of carbonyl (C=O) groups is 1. The summed E-state index contributed by atoms with van der Waals surface area (Å²) in [7, 11) is 0. The fourth-order valence-corrected chi connectivity index (χ4v) is 3.86. The molecule has 3 rings (SSSR count). The molecule has 1 amide bonds. The number of likely N-dealkylation sites (tertiary alicyclic amines) is 1. The Morgan fingerprint density at radius 1 is 1.15 bits per heavy atom. The van der Waals surface area contributed by atoms with E-state index >= 15 is 0 Å². The highest BCUT2D eigenvalue weighted by atomic mass is 127. The van der Waals surface area contributed by atoms with Crippen molar-refractivity contribution in [3.8, 4) is 5.75 Å². The predicted molar refractivity (Wildman–Crippen MR) is 145 cm³/mol. The van der Waals surface area contributed by atoms with Crippen LogP contribution in [0, 0.1) is 12.8 Å². The molecule has 0 saturated carbocycles. The monoisotopic (exact) mass is 564 g/mol. The largest absolute Gasteiger partial charge is 0.489 e. The molecule has 1 aliphatic heterocycles. The topological polar surface area (TPSA) is 66.0 Å². The predicted octanol–water partition coefficient (Wildman–Crippen LogP) is 4.03. The first-order valence-corrected chi connectivity index (χ1v) is 11.6. The lowest BCUT2D eigenvalue weighted by molar-refractivity contribution is -0.127. The molecular weight excluding hydrogens is 527 g/mol. The van der Waals surface area contributed by atoms with E-state index < -0.39 is 0 Å². The Balaban J connectivity index is 0.00000385. The van der Waals surface area contributed by atoms with E-state index in [2.05, 4.69) is 34.7 Å². The number of hydrogen-bond donors (Lipinski definition) is 2. The summed E-state index contributed by atoms with van der Waals surface area (Å²) < 4.78 is 6.03. The molecular formula is C26H37IN4O2. The fourth-order valence-electron chi connectivity index (χ4n) is 3.86. The van der Waals surface area contributed by atoms with Crippen molar-refractivity contribution in [3.05, 3.63) is 65.7 Å². The van der Waals surface area contributed by atoms with Gasteiger partial charge in [0, 0.05) is 38.5 Å². The molecule has 1 fully saturated rings. The van der Waals surface area contributed by atoms with Gasteiger partial charge in [0.1, 0.15) is 11.9 Å². The molecule has 2 aromatic carbocycles. The fraction of sp³-hybridized carbons (Fsp3) is 0.462. The van der Waals surface area contributed by atoms with Crippen LogP contribution in [0.4, 0.5) is 0 Å². The molecule has 2 N–H and O–H groups in total. The standard InChI is InChI=1S/C26H36N4O2.HI/c1-4-27-26(28-17-21(3)32-24-13-9-8-10-20(24)2)29-18-23-16-25(31)30(19-23)15-14-22-11-6-5-7-12-22;/h5-13,21,23H,4,14-19H2,1-3H3,(H2,27,28,29);1H. The number of ether oxygens (including phenoxy) is 1. The number of para-hydroxylation sites is 1. The number of carbonyl (C=O) groups excluding carboxylic acids is 1. The summed E-state index contributed by atoms with van der Waals surface area (Å²) in [5, 5.41) is 6.70. The lowest BCUT2D eigenvalue weighted by atomic mass is 10.1. The van der Waals surface area contributed by atoms with E-state index in [4.69, 9.17) is 4.74 Å². The van der Waals surface area contributed by atoms with Gasteiger partial charge in [-0.2, -0.15) is 0 Å². The number of amides is 1. The molecule has 2 aromatic rings. The average molecular weight is 565 g/mol. The van der Waals surface area contributed by atoms with Crippen LogP contribution in [-0.4, -0.2) is 55.6 Å². The zero-order chi connectivity index (χ0) is 22.8. The Bertz CT molecular complexity index is 891. The van der Waals surface area contributed by atoms with Gasteiger partial charge < -0.3 is 20.3 Å². The third-order valence-corrected chi connectivity index (χ3v) is 5.64. The molecule has 0 spiro atoms. The third-order valence-electron chi connectivity index (χ3n) is 5.64. The van der Waals surface area contributed by atoms with Crippen LogP contribution in [0.3, 0.4) is 0 Å². The number of guanidine groups is 1. The molecule has 0 aliphatic carbocycles. The molecule has 0 aromatic heterocycles. The van der Waals surface area contributed by atoms with Gasteiger partial charge in [0.2, 0.25) is 5.91 Å². The van der Waals surface area contributed by atoms with E-state index in [1.165, 1.54) is 5.56 Å². The maximum atomic E-state index is 12.4. The quantitative estimate of drug-likeness (QED) is 0.260. The van der Waals surface area contributed by atoms with Gasteiger partial charge in [-0.15, -0.1) is 24.0 Å². The number of halogens is 1. The second-order valence-corrected chi connectivity index (χ2v) is 8.44. The molecule has 7 heteroatoms. The lowest BCUT2D eigenvalue weighted by Crippen LogP contribution is -2.41. The number of benzene rings is 2. The summed E-state index contributed by atoms with van der Waals surface area (Å²) in [6.07, 6.45) is 1.46. The van der Waals surface area contributed by atoms with Crippen molar-refractivity contribution in [2.45, 2.75) is 39.7 Å². The smallest absolute Gasteiger partial charge is 0.223 e. The summed E-state index contributed by atoms with van der Waals surface area (Å²) in [6.45, 7) is 9.76. The number of nitrogens with one attached hydrogen (secondary N) is 2. The summed E-state index contributed by atoms with van der Waals surface area (Å²) in [6, 6.07) is 18.4. The number of nitrogens with zero attached hydrogens (tertiary/aromatic N) is 2. The van der Waals surface area contributed by atoms with Crippen LogP contribution >= 0.6 is 24.0 Å². The molecule has 0 radical (unpaired) electrons. The highest BCUT2D eigenvalue weighted by Crippen LogP contribution is 2.19. The van der Waals surface area contributed by atoms with Crippen LogP contribution in [0.1, 0.15) is 31.4 Å².